The van der Waals surface area contributed by atoms with Crippen LogP contribution in [0.3, 0.4) is 0 Å². The lowest BCUT2D eigenvalue weighted by atomic mass is 10.2. The van der Waals surface area contributed by atoms with Crippen LogP contribution in [0.5, 0.6) is 0 Å². The number of aryl methyl sites for hydroxylation is 2. The zero-order chi connectivity index (χ0) is 22.2. The van der Waals surface area contributed by atoms with Crippen molar-refractivity contribution < 1.29 is 13.2 Å². The second kappa shape index (κ2) is 8.76. The predicted octanol–water partition coefficient (Wildman–Crippen LogP) is 4.34. The summed E-state index contributed by atoms with van der Waals surface area (Å²) in [6.07, 6.45) is 0.600. The van der Waals surface area contributed by atoms with Gasteiger partial charge in [0.15, 0.2) is 20.0 Å². The fourth-order valence-electron chi connectivity index (χ4n) is 3.97. The molecule has 1 aromatic carbocycles. The van der Waals surface area contributed by atoms with Crippen LogP contribution < -0.4 is 5.32 Å². The summed E-state index contributed by atoms with van der Waals surface area (Å²) < 4.78 is 26.5. The molecule has 31 heavy (non-hydrogen) atoms. The van der Waals surface area contributed by atoms with Crippen molar-refractivity contribution in [3.8, 4) is 0 Å². The normalized spacial score (nSPS) is 17.7. The van der Waals surface area contributed by atoms with Gasteiger partial charge in [-0.05, 0) is 51.0 Å². The van der Waals surface area contributed by atoms with Crippen LogP contribution in [0.15, 0.2) is 34.7 Å². The minimum atomic E-state index is -2.99. The van der Waals surface area contributed by atoms with Gasteiger partial charge in [0.05, 0.1) is 17.3 Å². The van der Waals surface area contributed by atoms with Gasteiger partial charge in [-0.15, -0.1) is 10.2 Å². The molecule has 0 spiro atoms. The van der Waals surface area contributed by atoms with E-state index >= 15 is 0 Å². The number of anilines is 2. The lowest BCUT2D eigenvalue weighted by Gasteiger charge is -2.16. The van der Waals surface area contributed by atoms with Crippen molar-refractivity contribution in [2.24, 2.45) is 0 Å². The van der Waals surface area contributed by atoms with Crippen LogP contribution in [-0.2, 0) is 9.84 Å². The minimum absolute atomic E-state index is 0.00796. The van der Waals surface area contributed by atoms with Crippen LogP contribution in [0.1, 0.15) is 39.8 Å². The number of nitrogens with zero attached hydrogens (tertiary/aromatic N) is 3. The van der Waals surface area contributed by atoms with E-state index < -0.39 is 9.84 Å². The smallest absolute Gasteiger partial charge is 0.210 e. The summed E-state index contributed by atoms with van der Waals surface area (Å²) in [7, 11) is -2.99. The topological polar surface area (TPSA) is 93.9 Å². The first-order valence-corrected chi connectivity index (χ1v) is 13.6. The van der Waals surface area contributed by atoms with Crippen molar-refractivity contribution in [2.75, 3.05) is 22.6 Å². The monoisotopic (exact) mass is 476 g/mol. The number of nitrogens with one attached hydrogen (secondary N) is 1. The van der Waals surface area contributed by atoms with E-state index in [9.17, 15) is 13.2 Å². The number of hydrogen-bond donors (Lipinski definition) is 1. The lowest BCUT2D eigenvalue weighted by molar-refractivity contribution is 0.102. The third-order valence-corrected chi connectivity index (χ3v) is 9.08. The Morgan fingerprint density at radius 3 is 2.77 bits per heavy atom. The molecule has 1 saturated heterocycles. The molecule has 164 valence electrons. The van der Waals surface area contributed by atoms with Gasteiger partial charge in [0.2, 0.25) is 5.13 Å². The fraction of sp³-hybridized carbons (Fsp3) is 0.381. The highest BCUT2D eigenvalue weighted by molar-refractivity contribution is 8.01. The van der Waals surface area contributed by atoms with E-state index in [1.807, 2.05) is 55.7 Å². The number of sulfone groups is 1. The summed E-state index contributed by atoms with van der Waals surface area (Å²) >= 11 is 2.77. The van der Waals surface area contributed by atoms with Crippen LogP contribution in [0.25, 0.3) is 0 Å². The second-order valence-electron chi connectivity index (χ2n) is 7.79. The minimum Gasteiger partial charge on any atom is -0.344 e. The van der Waals surface area contributed by atoms with Gasteiger partial charge in [-0.3, -0.25) is 4.79 Å². The standard InChI is InChI=1S/C21H24N4O3S3/c1-13-5-4-6-16(9-13)22-20-23-24-21(30-20)29-11-19(26)18-10-14(2)25(15(18)3)17-7-8-31(27,28)12-17/h4-6,9-10,17H,7-8,11-12H2,1-3H3,(H,22,23). The third kappa shape index (κ3) is 5.02. The van der Waals surface area contributed by atoms with Gasteiger partial charge < -0.3 is 9.88 Å². The highest BCUT2D eigenvalue weighted by Crippen LogP contribution is 2.31. The van der Waals surface area contributed by atoms with Crippen molar-refractivity contribution in [2.45, 2.75) is 37.6 Å². The first-order valence-electron chi connectivity index (χ1n) is 9.94. The van der Waals surface area contributed by atoms with E-state index in [2.05, 4.69) is 15.5 Å². The van der Waals surface area contributed by atoms with E-state index in [0.717, 1.165) is 27.0 Å². The first kappa shape index (κ1) is 22.0. The first-order chi connectivity index (χ1) is 14.7. The van der Waals surface area contributed by atoms with Crippen LogP contribution >= 0.6 is 23.1 Å². The molecular weight excluding hydrogens is 452 g/mol. The van der Waals surface area contributed by atoms with Gasteiger partial charge in [0, 0.05) is 28.7 Å². The zero-order valence-electron chi connectivity index (χ0n) is 17.6. The molecule has 0 saturated carbocycles. The Hall–Kier alpha value is -2.17. The summed E-state index contributed by atoms with van der Waals surface area (Å²) in [6.45, 7) is 5.85. The van der Waals surface area contributed by atoms with Crippen molar-refractivity contribution >= 4 is 49.5 Å². The summed E-state index contributed by atoms with van der Waals surface area (Å²) in [5, 5.41) is 12.2. The molecule has 0 bridgehead atoms. The molecule has 0 amide bonds. The third-order valence-electron chi connectivity index (χ3n) is 5.36. The van der Waals surface area contributed by atoms with E-state index in [1.54, 1.807) is 0 Å². The molecule has 7 nitrogen and oxygen atoms in total. The maximum atomic E-state index is 12.9. The molecule has 1 N–H and O–H groups in total. The van der Waals surface area contributed by atoms with E-state index in [-0.39, 0.29) is 29.1 Å². The van der Waals surface area contributed by atoms with E-state index in [1.165, 1.54) is 23.1 Å². The van der Waals surface area contributed by atoms with Crippen LogP contribution in [0.2, 0.25) is 0 Å². The SMILES string of the molecule is Cc1cccc(Nc2nnc(SCC(=O)c3cc(C)n(C4CCS(=O)(=O)C4)c3C)s2)c1. The summed E-state index contributed by atoms with van der Waals surface area (Å²) in [5.41, 5.74) is 4.52. The molecule has 3 heterocycles. The van der Waals surface area contributed by atoms with Gasteiger partial charge >= 0.3 is 0 Å². The van der Waals surface area contributed by atoms with E-state index in [4.69, 9.17) is 0 Å². The summed E-state index contributed by atoms with van der Waals surface area (Å²) in [4.78, 5) is 12.9. The molecule has 0 aliphatic carbocycles. The largest absolute Gasteiger partial charge is 0.344 e. The van der Waals surface area contributed by atoms with Gasteiger partial charge in [0.25, 0.3) is 0 Å². The number of benzene rings is 1. The van der Waals surface area contributed by atoms with Gasteiger partial charge in [0.1, 0.15) is 0 Å². The summed E-state index contributed by atoms with van der Waals surface area (Å²) in [5.74, 6) is 0.622. The molecule has 0 radical (unpaired) electrons. The zero-order valence-corrected chi connectivity index (χ0v) is 20.0. The molecule has 10 heteroatoms. The Bertz CT molecular complexity index is 1230. The van der Waals surface area contributed by atoms with Gasteiger partial charge in [-0.2, -0.15) is 0 Å². The maximum Gasteiger partial charge on any atom is 0.210 e. The lowest BCUT2D eigenvalue weighted by Crippen LogP contribution is -2.14. The number of thioether (sulfide) groups is 1. The number of rotatable bonds is 7. The highest BCUT2D eigenvalue weighted by atomic mass is 32.2. The number of carbonyl (C=O) groups excluding carboxylic acids is 1. The Labute approximate surface area is 190 Å². The van der Waals surface area contributed by atoms with Crippen molar-refractivity contribution in [3.63, 3.8) is 0 Å². The number of carbonyl (C=O) groups is 1. The van der Waals surface area contributed by atoms with Crippen molar-refractivity contribution in [3.05, 3.63) is 52.8 Å². The van der Waals surface area contributed by atoms with Gasteiger partial charge in [-0.1, -0.05) is 35.2 Å². The van der Waals surface area contributed by atoms with Gasteiger partial charge in [-0.25, -0.2) is 8.42 Å². The molecule has 2 aromatic heterocycles. The van der Waals surface area contributed by atoms with E-state index in [0.29, 0.717) is 17.1 Å². The van der Waals surface area contributed by atoms with Crippen LogP contribution in [0, 0.1) is 20.8 Å². The quantitative estimate of drug-likeness (QED) is 0.400. The predicted molar refractivity (Wildman–Crippen MR) is 126 cm³/mol. The maximum absolute atomic E-state index is 12.9. The Kier molecular flexibility index (Phi) is 6.23. The Morgan fingerprint density at radius 2 is 2.06 bits per heavy atom. The van der Waals surface area contributed by atoms with Crippen LogP contribution in [0.4, 0.5) is 10.8 Å². The highest BCUT2D eigenvalue weighted by Gasteiger charge is 2.31. The molecule has 1 unspecified atom stereocenters. The number of hydrogen-bond acceptors (Lipinski definition) is 8. The average Bonchev–Trinajstić information content (AvgIpc) is 3.37. The van der Waals surface area contributed by atoms with Crippen molar-refractivity contribution in [1.82, 2.24) is 14.8 Å². The number of aromatic nitrogens is 3. The Morgan fingerprint density at radius 1 is 1.26 bits per heavy atom. The molecule has 3 aromatic rings. The number of Topliss-reactive ketones (excluding diaryl/α,β-unsaturated/α-hetero) is 1. The molecule has 1 aliphatic heterocycles. The average molecular weight is 477 g/mol. The number of ketones is 1. The molecule has 1 aliphatic rings. The molecule has 4 rings (SSSR count). The summed E-state index contributed by atoms with van der Waals surface area (Å²) in [6, 6.07) is 9.79. The molecular formula is C21H24N4O3S3. The molecule has 1 atom stereocenters. The Balaban J connectivity index is 1.41. The van der Waals surface area contributed by atoms with Crippen LogP contribution in [-0.4, -0.2) is 46.2 Å². The molecule has 1 fully saturated rings. The van der Waals surface area contributed by atoms with Crippen molar-refractivity contribution in [1.29, 1.82) is 0 Å². The fourth-order valence-corrected chi connectivity index (χ4v) is 7.33. The second-order valence-corrected chi connectivity index (χ2v) is 12.2.